The van der Waals surface area contributed by atoms with Gasteiger partial charge >= 0.3 is 0 Å². The summed E-state index contributed by atoms with van der Waals surface area (Å²) < 4.78 is 11.4. The van der Waals surface area contributed by atoms with E-state index in [0.29, 0.717) is 44.4 Å². The molecule has 2 aromatic carbocycles. The second-order valence-corrected chi connectivity index (χ2v) is 6.94. The predicted octanol–water partition coefficient (Wildman–Crippen LogP) is 2.85. The van der Waals surface area contributed by atoms with Crippen molar-refractivity contribution in [3.63, 3.8) is 0 Å². The first-order valence-electron chi connectivity index (χ1n) is 9.84. The lowest BCUT2D eigenvalue weighted by Crippen LogP contribution is -2.48. The van der Waals surface area contributed by atoms with Crippen LogP contribution < -0.4 is 4.74 Å². The lowest BCUT2D eigenvalue weighted by molar-refractivity contribution is -0.133. The summed E-state index contributed by atoms with van der Waals surface area (Å²) in [7, 11) is 0. The van der Waals surface area contributed by atoms with Crippen LogP contribution in [-0.4, -0.2) is 58.7 Å². The molecule has 0 atom stereocenters. The van der Waals surface area contributed by atoms with Gasteiger partial charge in [-0.1, -0.05) is 36.4 Å². The van der Waals surface area contributed by atoms with Crippen LogP contribution in [0.5, 0.6) is 5.75 Å². The number of nitrogens with zero attached hydrogens (tertiary/aromatic N) is 4. The van der Waals surface area contributed by atoms with E-state index in [1.54, 1.807) is 0 Å². The Kier molecular flexibility index (Phi) is 6.16. The van der Waals surface area contributed by atoms with Crippen molar-refractivity contribution in [2.75, 3.05) is 32.8 Å². The van der Waals surface area contributed by atoms with Gasteiger partial charge in [-0.15, -0.1) is 10.2 Å². The fraction of sp³-hybridized carbons (Fsp3) is 0.318. The van der Waals surface area contributed by atoms with Gasteiger partial charge in [-0.25, -0.2) is 0 Å². The molecule has 4 rings (SSSR count). The highest BCUT2D eigenvalue weighted by molar-refractivity contribution is 5.76. The van der Waals surface area contributed by atoms with Crippen LogP contribution in [0.15, 0.2) is 65.1 Å². The largest absolute Gasteiger partial charge is 0.493 e. The molecule has 7 heteroatoms. The van der Waals surface area contributed by atoms with Gasteiger partial charge in [0.1, 0.15) is 5.75 Å². The van der Waals surface area contributed by atoms with Crippen LogP contribution in [0.2, 0.25) is 0 Å². The Morgan fingerprint density at radius 1 is 0.931 bits per heavy atom. The van der Waals surface area contributed by atoms with Crippen LogP contribution in [0.4, 0.5) is 0 Å². The van der Waals surface area contributed by atoms with Crippen molar-refractivity contribution in [1.29, 1.82) is 0 Å². The van der Waals surface area contributed by atoms with Crippen LogP contribution in [0.25, 0.3) is 11.5 Å². The Morgan fingerprint density at radius 2 is 1.62 bits per heavy atom. The molecule has 1 saturated heterocycles. The summed E-state index contributed by atoms with van der Waals surface area (Å²) in [5.41, 5.74) is 0.916. The maximum atomic E-state index is 12.4. The van der Waals surface area contributed by atoms with E-state index in [-0.39, 0.29) is 5.91 Å². The molecule has 0 unspecified atom stereocenters. The molecule has 0 aliphatic carbocycles. The molecule has 1 aliphatic rings. The zero-order valence-corrected chi connectivity index (χ0v) is 16.2. The van der Waals surface area contributed by atoms with Gasteiger partial charge in [-0.3, -0.25) is 9.69 Å². The van der Waals surface area contributed by atoms with Crippen molar-refractivity contribution in [1.82, 2.24) is 20.0 Å². The third-order valence-corrected chi connectivity index (χ3v) is 4.90. The summed E-state index contributed by atoms with van der Waals surface area (Å²) in [6.45, 7) is 3.96. The molecule has 0 N–H and O–H groups in total. The van der Waals surface area contributed by atoms with Crippen molar-refractivity contribution >= 4 is 5.91 Å². The number of ether oxygens (including phenoxy) is 1. The van der Waals surface area contributed by atoms with Gasteiger partial charge in [0.15, 0.2) is 0 Å². The lowest BCUT2D eigenvalue weighted by atomic mass is 10.2. The average molecular weight is 392 g/mol. The SMILES string of the molecule is O=C(CCOc1ccccc1)N1CCN(Cc2nnc(-c3ccccc3)o2)CC1. The molecule has 1 aliphatic heterocycles. The van der Waals surface area contributed by atoms with Crippen LogP contribution >= 0.6 is 0 Å². The number of benzene rings is 2. The first kappa shape index (κ1) is 19.1. The minimum atomic E-state index is 0.129. The van der Waals surface area contributed by atoms with Crippen molar-refractivity contribution in [3.8, 4) is 17.2 Å². The van der Waals surface area contributed by atoms with E-state index in [1.165, 1.54) is 0 Å². The van der Waals surface area contributed by atoms with Crippen molar-refractivity contribution in [3.05, 3.63) is 66.6 Å². The van der Waals surface area contributed by atoms with Gasteiger partial charge in [0.25, 0.3) is 0 Å². The number of amides is 1. The monoisotopic (exact) mass is 392 g/mol. The van der Waals surface area contributed by atoms with E-state index < -0.39 is 0 Å². The molecule has 1 fully saturated rings. The molecule has 0 saturated carbocycles. The third kappa shape index (κ3) is 5.20. The zero-order valence-electron chi connectivity index (χ0n) is 16.2. The van der Waals surface area contributed by atoms with E-state index in [9.17, 15) is 4.79 Å². The number of piperazine rings is 1. The molecule has 0 radical (unpaired) electrons. The molecule has 0 spiro atoms. The Bertz CT molecular complexity index is 906. The van der Waals surface area contributed by atoms with Gasteiger partial charge in [0.05, 0.1) is 19.6 Å². The first-order valence-corrected chi connectivity index (χ1v) is 9.84. The Hall–Kier alpha value is -3.19. The Labute approximate surface area is 169 Å². The van der Waals surface area contributed by atoms with Crippen molar-refractivity contribution < 1.29 is 13.9 Å². The number of carbonyl (C=O) groups excluding carboxylic acids is 1. The van der Waals surface area contributed by atoms with Crippen LogP contribution in [-0.2, 0) is 11.3 Å². The number of carbonyl (C=O) groups is 1. The number of rotatable bonds is 7. The summed E-state index contributed by atoms with van der Waals surface area (Å²) in [6, 6.07) is 19.3. The minimum absolute atomic E-state index is 0.129. The predicted molar refractivity (Wildman–Crippen MR) is 108 cm³/mol. The van der Waals surface area contributed by atoms with Crippen LogP contribution in [0.1, 0.15) is 12.3 Å². The summed E-state index contributed by atoms with van der Waals surface area (Å²) in [6.07, 6.45) is 0.388. The van der Waals surface area contributed by atoms with E-state index in [2.05, 4.69) is 15.1 Å². The molecular weight excluding hydrogens is 368 g/mol. The molecule has 1 aromatic heterocycles. The lowest BCUT2D eigenvalue weighted by Gasteiger charge is -2.34. The Balaban J connectivity index is 1.20. The normalized spacial score (nSPS) is 14.7. The zero-order chi connectivity index (χ0) is 19.9. The number of hydrogen-bond donors (Lipinski definition) is 0. The fourth-order valence-electron chi connectivity index (χ4n) is 3.29. The Morgan fingerprint density at radius 3 is 2.34 bits per heavy atom. The molecule has 2 heterocycles. The van der Waals surface area contributed by atoms with Crippen molar-refractivity contribution in [2.24, 2.45) is 0 Å². The molecule has 7 nitrogen and oxygen atoms in total. The molecule has 3 aromatic rings. The highest BCUT2D eigenvalue weighted by Gasteiger charge is 2.22. The molecule has 1 amide bonds. The first-order chi connectivity index (χ1) is 14.3. The standard InChI is InChI=1S/C22H24N4O3/c27-21(11-16-28-19-9-5-2-6-10-19)26-14-12-25(13-15-26)17-20-23-24-22(29-20)18-7-3-1-4-8-18/h1-10H,11-17H2. The highest BCUT2D eigenvalue weighted by atomic mass is 16.5. The summed E-state index contributed by atoms with van der Waals surface area (Å²) in [4.78, 5) is 16.5. The number of para-hydroxylation sites is 1. The second kappa shape index (κ2) is 9.34. The van der Waals surface area contributed by atoms with Gasteiger partial charge < -0.3 is 14.1 Å². The smallest absolute Gasteiger partial charge is 0.247 e. The van der Waals surface area contributed by atoms with E-state index in [1.807, 2.05) is 65.6 Å². The number of hydrogen-bond acceptors (Lipinski definition) is 6. The maximum Gasteiger partial charge on any atom is 0.247 e. The highest BCUT2D eigenvalue weighted by Crippen LogP contribution is 2.18. The number of aromatic nitrogens is 2. The topological polar surface area (TPSA) is 71.7 Å². The van der Waals surface area contributed by atoms with Gasteiger partial charge in [-0.2, -0.15) is 0 Å². The van der Waals surface area contributed by atoms with Crippen molar-refractivity contribution in [2.45, 2.75) is 13.0 Å². The van der Waals surface area contributed by atoms with E-state index in [0.717, 1.165) is 24.4 Å². The summed E-state index contributed by atoms with van der Waals surface area (Å²) in [5, 5.41) is 8.29. The maximum absolute atomic E-state index is 12.4. The second-order valence-electron chi connectivity index (χ2n) is 6.94. The molecule has 150 valence electrons. The summed E-state index contributed by atoms with van der Waals surface area (Å²) >= 11 is 0. The fourth-order valence-corrected chi connectivity index (χ4v) is 3.29. The van der Waals surface area contributed by atoms with E-state index in [4.69, 9.17) is 9.15 Å². The third-order valence-electron chi connectivity index (χ3n) is 4.90. The van der Waals surface area contributed by atoms with Crippen LogP contribution in [0.3, 0.4) is 0 Å². The van der Waals surface area contributed by atoms with Gasteiger partial charge in [0.2, 0.25) is 17.7 Å². The van der Waals surface area contributed by atoms with Gasteiger partial charge in [0, 0.05) is 31.7 Å². The summed E-state index contributed by atoms with van der Waals surface area (Å²) in [5.74, 6) is 2.05. The quantitative estimate of drug-likeness (QED) is 0.616. The van der Waals surface area contributed by atoms with E-state index >= 15 is 0 Å². The molecule has 0 bridgehead atoms. The van der Waals surface area contributed by atoms with Gasteiger partial charge in [-0.05, 0) is 24.3 Å². The van der Waals surface area contributed by atoms with Crippen LogP contribution in [0, 0.1) is 0 Å². The molecular formula is C22H24N4O3. The average Bonchev–Trinajstić information content (AvgIpc) is 3.24. The molecule has 29 heavy (non-hydrogen) atoms. The minimum Gasteiger partial charge on any atom is -0.493 e.